The van der Waals surface area contributed by atoms with E-state index in [4.69, 9.17) is 0 Å². The zero-order chi connectivity index (χ0) is 29.4. The minimum atomic E-state index is -4.42. The van der Waals surface area contributed by atoms with Gasteiger partial charge in [-0.25, -0.2) is 18.3 Å². The van der Waals surface area contributed by atoms with Gasteiger partial charge in [0, 0.05) is 25.5 Å². The Morgan fingerprint density at radius 2 is 1.78 bits per heavy atom. The molecular formula is C28H31F5N6O2. The zero-order valence-corrected chi connectivity index (χ0v) is 22.4. The van der Waals surface area contributed by atoms with Crippen LogP contribution in [0.1, 0.15) is 90.8 Å². The lowest BCUT2D eigenvalue weighted by molar-refractivity contribution is -0.144. The summed E-state index contributed by atoms with van der Waals surface area (Å²) in [6, 6.07) is 3.93. The van der Waals surface area contributed by atoms with E-state index in [0.29, 0.717) is 16.9 Å². The van der Waals surface area contributed by atoms with Crippen LogP contribution in [-0.4, -0.2) is 43.5 Å². The van der Waals surface area contributed by atoms with Crippen molar-refractivity contribution in [3.05, 3.63) is 59.3 Å². The molecule has 3 aromatic rings. The van der Waals surface area contributed by atoms with E-state index in [-0.39, 0.29) is 43.2 Å². The Balaban J connectivity index is 1.39. The lowest BCUT2D eigenvalue weighted by Crippen LogP contribution is -2.37. The van der Waals surface area contributed by atoms with Gasteiger partial charge in [0.15, 0.2) is 5.65 Å². The van der Waals surface area contributed by atoms with Gasteiger partial charge < -0.3 is 10.6 Å². The molecule has 0 bridgehead atoms. The van der Waals surface area contributed by atoms with Crippen LogP contribution in [-0.2, 0) is 4.79 Å². The third-order valence-electron chi connectivity index (χ3n) is 7.75. The third kappa shape index (κ3) is 7.36. The number of halogens is 5. The van der Waals surface area contributed by atoms with Crippen LogP contribution in [0.15, 0.2) is 36.8 Å². The summed E-state index contributed by atoms with van der Waals surface area (Å²) >= 11 is 0. The lowest BCUT2D eigenvalue weighted by Gasteiger charge is -2.33. The Hall–Kier alpha value is -3.64. The Morgan fingerprint density at radius 3 is 2.44 bits per heavy atom. The zero-order valence-electron chi connectivity index (χ0n) is 22.4. The molecule has 3 aromatic heterocycles. The molecule has 2 aliphatic carbocycles. The maximum Gasteiger partial charge on any atom is 0.389 e. The normalized spacial score (nSPS) is 19.1. The molecule has 13 heteroatoms. The van der Waals surface area contributed by atoms with E-state index in [0.717, 1.165) is 18.4 Å². The molecule has 0 aromatic carbocycles. The number of aromatic nitrogens is 4. The van der Waals surface area contributed by atoms with Crippen molar-refractivity contribution in [1.82, 2.24) is 30.2 Å². The van der Waals surface area contributed by atoms with Crippen molar-refractivity contribution >= 4 is 17.5 Å². The van der Waals surface area contributed by atoms with Crippen molar-refractivity contribution in [3.8, 4) is 0 Å². The molecule has 0 aliphatic heterocycles. The topological polar surface area (TPSA) is 101 Å². The van der Waals surface area contributed by atoms with Crippen LogP contribution in [0.25, 0.3) is 5.65 Å². The number of aryl methyl sites for hydroxylation is 1. The van der Waals surface area contributed by atoms with E-state index in [1.807, 2.05) is 6.92 Å². The quantitative estimate of drug-likeness (QED) is 0.320. The summed E-state index contributed by atoms with van der Waals surface area (Å²) in [4.78, 5) is 34.2. The van der Waals surface area contributed by atoms with Gasteiger partial charge in [0.25, 0.3) is 5.91 Å². The van der Waals surface area contributed by atoms with E-state index in [2.05, 4.69) is 25.7 Å². The summed E-state index contributed by atoms with van der Waals surface area (Å²) < 4.78 is 67.2. The van der Waals surface area contributed by atoms with Crippen LogP contribution in [0.2, 0.25) is 0 Å². The van der Waals surface area contributed by atoms with Crippen molar-refractivity contribution in [2.24, 2.45) is 11.8 Å². The van der Waals surface area contributed by atoms with Gasteiger partial charge >= 0.3 is 6.18 Å². The summed E-state index contributed by atoms with van der Waals surface area (Å²) in [6.45, 7) is 1.83. The number of pyridine rings is 1. The first-order chi connectivity index (χ1) is 19.4. The molecule has 3 heterocycles. The SMILES string of the molecule is Cc1ccnc(C(=O)N[C@H](c2cn3ncc(C(NC(=O)CCC(F)(F)F)C4CC4)cc3n2)C2CCC(F)(F)CC2)c1. The predicted octanol–water partition coefficient (Wildman–Crippen LogP) is 5.64. The van der Waals surface area contributed by atoms with E-state index in [9.17, 15) is 31.5 Å². The molecule has 2 atom stereocenters. The minimum Gasteiger partial charge on any atom is -0.349 e. The molecule has 2 fully saturated rings. The highest BCUT2D eigenvalue weighted by atomic mass is 19.4. The van der Waals surface area contributed by atoms with Gasteiger partial charge in [0.1, 0.15) is 5.69 Å². The fourth-order valence-electron chi connectivity index (χ4n) is 5.34. The first-order valence-corrected chi connectivity index (χ1v) is 13.7. The number of carbonyl (C=O) groups excluding carboxylic acids is 2. The van der Waals surface area contributed by atoms with Gasteiger partial charge in [-0.05, 0) is 73.8 Å². The molecule has 1 unspecified atom stereocenters. The van der Waals surface area contributed by atoms with Crippen molar-refractivity contribution in [1.29, 1.82) is 0 Å². The Morgan fingerprint density at radius 1 is 1.07 bits per heavy atom. The fraction of sp³-hybridized carbons (Fsp3) is 0.536. The monoisotopic (exact) mass is 578 g/mol. The van der Waals surface area contributed by atoms with Crippen LogP contribution in [0.4, 0.5) is 22.0 Å². The van der Waals surface area contributed by atoms with E-state index >= 15 is 0 Å². The molecule has 0 radical (unpaired) electrons. The number of hydrogen-bond donors (Lipinski definition) is 2. The maximum absolute atomic E-state index is 14.0. The maximum atomic E-state index is 14.0. The van der Waals surface area contributed by atoms with Gasteiger partial charge in [0.05, 0.1) is 36.6 Å². The van der Waals surface area contributed by atoms with Crippen LogP contribution in [0.5, 0.6) is 0 Å². The van der Waals surface area contributed by atoms with Crippen molar-refractivity contribution in [3.63, 3.8) is 0 Å². The van der Waals surface area contributed by atoms with Crippen molar-refractivity contribution in [2.75, 3.05) is 0 Å². The minimum absolute atomic E-state index is 0.0845. The standard InChI is InChI=1S/C28H31F5N6O2/c1-16-7-11-34-20(12-16)26(41)38-25(18-4-8-27(29,30)9-5-18)21-15-39-22(36-21)13-19(14-35-39)24(17-2-3-17)37-23(40)6-10-28(31,32)33/h7,11-15,17-18,24-25H,2-6,8-10H2,1H3,(H,37,40)(H,38,41)/t24?,25-/m0/s1. The molecule has 0 saturated heterocycles. The number of alkyl halides is 5. The first-order valence-electron chi connectivity index (χ1n) is 13.7. The molecule has 2 saturated carbocycles. The van der Waals surface area contributed by atoms with Gasteiger partial charge in [-0.15, -0.1) is 0 Å². The highest BCUT2D eigenvalue weighted by molar-refractivity contribution is 5.92. The fourth-order valence-corrected chi connectivity index (χ4v) is 5.34. The Labute approximate surface area is 233 Å². The summed E-state index contributed by atoms with van der Waals surface area (Å²) in [5, 5.41) is 10.1. The largest absolute Gasteiger partial charge is 0.389 e. The van der Waals surface area contributed by atoms with Crippen LogP contribution in [0.3, 0.4) is 0 Å². The first kappa shape index (κ1) is 28.9. The molecule has 2 amide bonds. The van der Waals surface area contributed by atoms with Gasteiger partial charge in [-0.2, -0.15) is 18.3 Å². The molecule has 0 spiro atoms. The van der Waals surface area contributed by atoms with Crippen LogP contribution < -0.4 is 10.6 Å². The number of hydrogen-bond acceptors (Lipinski definition) is 5. The smallest absolute Gasteiger partial charge is 0.349 e. The van der Waals surface area contributed by atoms with Gasteiger partial charge in [-0.3, -0.25) is 14.6 Å². The van der Waals surface area contributed by atoms with Crippen LogP contribution in [0, 0.1) is 18.8 Å². The summed E-state index contributed by atoms with van der Waals surface area (Å²) in [5.74, 6) is -4.09. The second kappa shape index (κ2) is 11.3. The highest BCUT2D eigenvalue weighted by Gasteiger charge is 2.40. The average Bonchev–Trinajstić information content (AvgIpc) is 3.66. The van der Waals surface area contributed by atoms with Crippen LogP contribution >= 0.6 is 0 Å². The number of fused-ring (bicyclic) bond motifs is 1. The van der Waals surface area contributed by atoms with E-state index in [1.54, 1.807) is 24.4 Å². The number of rotatable bonds is 9. The summed E-state index contributed by atoms with van der Waals surface area (Å²) in [6.07, 6.45) is -0.138. The van der Waals surface area contributed by atoms with Crippen molar-refractivity contribution < 1.29 is 31.5 Å². The number of amides is 2. The average molecular weight is 579 g/mol. The molecule has 2 aliphatic rings. The molecule has 8 nitrogen and oxygen atoms in total. The summed E-state index contributed by atoms with van der Waals surface area (Å²) in [5.41, 5.74) is 2.51. The molecule has 5 rings (SSSR count). The summed E-state index contributed by atoms with van der Waals surface area (Å²) in [7, 11) is 0. The second-order valence-electron chi connectivity index (χ2n) is 11.1. The Bertz CT molecular complexity index is 1410. The number of nitrogens with one attached hydrogen (secondary N) is 2. The number of carbonyl (C=O) groups is 2. The highest BCUT2D eigenvalue weighted by Crippen LogP contribution is 2.43. The molecule has 41 heavy (non-hydrogen) atoms. The van der Waals surface area contributed by atoms with E-state index < -0.39 is 48.8 Å². The molecule has 2 N–H and O–H groups in total. The molecular weight excluding hydrogens is 547 g/mol. The lowest BCUT2D eigenvalue weighted by atomic mass is 9.81. The second-order valence-corrected chi connectivity index (χ2v) is 11.1. The molecule has 220 valence electrons. The Kier molecular flexibility index (Phi) is 7.97. The van der Waals surface area contributed by atoms with E-state index in [1.165, 1.54) is 16.9 Å². The van der Waals surface area contributed by atoms with Gasteiger partial charge in [-0.1, -0.05) is 0 Å². The number of imidazole rings is 1. The number of nitrogens with zero attached hydrogens (tertiary/aromatic N) is 4. The van der Waals surface area contributed by atoms with Gasteiger partial charge in [0.2, 0.25) is 11.8 Å². The van der Waals surface area contributed by atoms with Crippen molar-refractivity contribution in [2.45, 2.75) is 82.5 Å². The predicted molar refractivity (Wildman–Crippen MR) is 138 cm³/mol. The third-order valence-corrected chi connectivity index (χ3v) is 7.75.